The second-order valence-electron chi connectivity index (χ2n) is 21.5. The van der Waals surface area contributed by atoms with E-state index in [1.807, 2.05) is 0 Å². The predicted molar refractivity (Wildman–Crippen MR) is 323 cm³/mol. The summed E-state index contributed by atoms with van der Waals surface area (Å²) in [6.45, 7) is 20.4. The second-order valence-corrected chi connectivity index (χ2v) is 21.5. The van der Waals surface area contributed by atoms with Crippen LogP contribution in [0.25, 0.3) is 109 Å². The molecule has 0 unspecified atom stereocenters. The number of rotatable bonds is 12. The Bertz CT molecular complexity index is 3580. The average Bonchev–Trinajstić information content (AvgIpc) is 3.54. The summed E-state index contributed by atoms with van der Waals surface area (Å²) >= 11 is 0. The van der Waals surface area contributed by atoms with Crippen molar-refractivity contribution < 1.29 is 18.9 Å². The molecule has 0 fully saturated rings. The van der Waals surface area contributed by atoms with Gasteiger partial charge in [-0.25, -0.2) is 0 Å². The van der Waals surface area contributed by atoms with E-state index in [1.165, 1.54) is 176 Å². The summed E-state index contributed by atoms with van der Waals surface area (Å²) in [6, 6.07) is 54.8. The topological polar surface area (TPSA) is 36.9 Å². The molecule has 0 saturated carbocycles. The van der Waals surface area contributed by atoms with Gasteiger partial charge in [-0.3, -0.25) is 0 Å². The van der Waals surface area contributed by atoms with Gasteiger partial charge in [-0.2, -0.15) is 0 Å². The number of methoxy groups -OCH3 is 4. The molecule has 0 aliphatic carbocycles. The molecule has 12 aromatic rings. The largest absolute Gasteiger partial charge is 0.380 e. The summed E-state index contributed by atoms with van der Waals surface area (Å²) in [5.41, 5.74) is 24.9. The van der Waals surface area contributed by atoms with Crippen LogP contribution in [0.4, 0.5) is 0 Å². The lowest BCUT2D eigenvalue weighted by Gasteiger charge is -2.25. The van der Waals surface area contributed by atoms with Crippen LogP contribution < -0.4 is 0 Å². The van der Waals surface area contributed by atoms with Crippen molar-refractivity contribution >= 4 is 64.6 Å². The van der Waals surface area contributed by atoms with Crippen LogP contribution in [0, 0.1) is 55.4 Å². The third-order valence-corrected chi connectivity index (χ3v) is 16.0. The maximum absolute atomic E-state index is 5.61. The molecule has 0 heterocycles. The van der Waals surface area contributed by atoms with Crippen LogP contribution in [0.3, 0.4) is 0 Å². The number of aryl methyl sites for hydroxylation is 8. The normalized spacial score (nSPS) is 11.8. The third-order valence-electron chi connectivity index (χ3n) is 16.0. The molecule has 0 aliphatic heterocycles. The quantitative estimate of drug-likeness (QED) is 0.114. The lowest BCUT2D eigenvalue weighted by molar-refractivity contribution is 0.185. The van der Waals surface area contributed by atoms with Crippen LogP contribution >= 0.6 is 0 Å². The van der Waals surface area contributed by atoms with E-state index in [-0.39, 0.29) is 0 Å². The molecule has 4 nitrogen and oxygen atoms in total. The molecule has 0 radical (unpaired) electrons. The van der Waals surface area contributed by atoms with Gasteiger partial charge in [-0.05, 0) is 243 Å². The Morgan fingerprint density at radius 1 is 0.250 bits per heavy atom. The van der Waals surface area contributed by atoms with E-state index in [1.54, 1.807) is 28.4 Å². The molecule has 76 heavy (non-hydrogen) atoms. The first-order chi connectivity index (χ1) is 36.8. The fraction of sp³-hybridized carbons (Fsp3) is 0.222. The molecule has 0 bridgehead atoms. The van der Waals surface area contributed by atoms with Crippen LogP contribution in [-0.4, -0.2) is 28.4 Å². The summed E-state index contributed by atoms with van der Waals surface area (Å²) in [4.78, 5) is 0. The summed E-state index contributed by atoms with van der Waals surface area (Å²) in [5.74, 6) is 0. The second kappa shape index (κ2) is 20.6. The summed E-state index contributed by atoms with van der Waals surface area (Å²) in [5, 5.41) is 15.8. The molecule has 0 aliphatic rings. The highest BCUT2D eigenvalue weighted by Gasteiger charge is 2.25. The van der Waals surface area contributed by atoms with Crippen molar-refractivity contribution in [2.75, 3.05) is 28.4 Å². The van der Waals surface area contributed by atoms with E-state index in [0.717, 1.165) is 0 Å². The fourth-order valence-electron chi connectivity index (χ4n) is 13.4. The number of ether oxygens (including phenoxy) is 4. The van der Waals surface area contributed by atoms with Gasteiger partial charge in [0, 0.05) is 28.4 Å². The summed E-state index contributed by atoms with van der Waals surface area (Å²) < 4.78 is 22.4. The number of hydrogen-bond acceptors (Lipinski definition) is 4. The third kappa shape index (κ3) is 8.78. The van der Waals surface area contributed by atoms with E-state index in [9.17, 15) is 0 Å². The Hall–Kier alpha value is -7.44. The van der Waals surface area contributed by atoms with Crippen molar-refractivity contribution in [1.29, 1.82) is 0 Å². The zero-order valence-corrected chi connectivity index (χ0v) is 46.3. The smallest absolute Gasteiger partial charge is 0.0713 e. The number of benzene rings is 12. The molecule has 4 heteroatoms. The molecule has 12 rings (SSSR count). The van der Waals surface area contributed by atoms with Crippen LogP contribution in [0.1, 0.15) is 66.8 Å². The SMILES string of the molecule is COCc1cc(C)c(-c2cc(-c3c(C)cc(COC)cc3C)c3ccc4c(-c5c(C)cc(COC)cc5C)cc(-c5c(C)cc(COC)cc5C)c5ccc2c3c54)c(C)c1.c1cc2ccc3cccc4ccc(c1)c2c34. The molecule has 0 atom stereocenters. The van der Waals surface area contributed by atoms with Crippen molar-refractivity contribution in [1.82, 2.24) is 0 Å². The van der Waals surface area contributed by atoms with Gasteiger partial charge in [0.05, 0.1) is 26.4 Å². The van der Waals surface area contributed by atoms with E-state index in [0.29, 0.717) is 26.4 Å². The van der Waals surface area contributed by atoms with Crippen molar-refractivity contribution in [3.63, 3.8) is 0 Å². The van der Waals surface area contributed by atoms with Crippen LogP contribution in [0.5, 0.6) is 0 Å². The molecular weight excluding hydrogens is 929 g/mol. The fourth-order valence-corrected chi connectivity index (χ4v) is 13.4. The van der Waals surface area contributed by atoms with Crippen molar-refractivity contribution in [2.24, 2.45) is 0 Å². The van der Waals surface area contributed by atoms with Crippen LogP contribution in [-0.2, 0) is 45.4 Å². The van der Waals surface area contributed by atoms with Crippen LogP contribution in [0.2, 0.25) is 0 Å². The van der Waals surface area contributed by atoms with E-state index < -0.39 is 0 Å². The Morgan fingerprint density at radius 2 is 0.461 bits per heavy atom. The Balaban J connectivity index is 0.000000323. The molecule has 0 aromatic heterocycles. The van der Waals surface area contributed by atoms with Gasteiger partial charge in [-0.1, -0.05) is 133 Å². The number of hydrogen-bond donors (Lipinski definition) is 0. The molecule has 380 valence electrons. The first-order valence-electron chi connectivity index (χ1n) is 26.6. The lowest BCUT2D eigenvalue weighted by Crippen LogP contribution is -2.01. The minimum atomic E-state index is 0.583. The maximum Gasteiger partial charge on any atom is 0.0713 e. The van der Waals surface area contributed by atoms with Crippen molar-refractivity contribution in [2.45, 2.75) is 81.8 Å². The molecule has 0 N–H and O–H groups in total. The van der Waals surface area contributed by atoms with Gasteiger partial charge in [-0.15, -0.1) is 0 Å². The van der Waals surface area contributed by atoms with Gasteiger partial charge >= 0.3 is 0 Å². The molecule has 0 spiro atoms. The van der Waals surface area contributed by atoms with Crippen LogP contribution in [0.15, 0.2) is 146 Å². The van der Waals surface area contributed by atoms with E-state index in [2.05, 4.69) is 201 Å². The molecular formula is C72H68O4. The van der Waals surface area contributed by atoms with Crippen molar-refractivity contribution in [3.05, 3.63) is 212 Å². The zero-order valence-electron chi connectivity index (χ0n) is 46.3. The Morgan fingerprint density at radius 3 is 0.658 bits per heavy atom. The maximum atomic E-state index is 5.61. The molecule has 0 amide bonds. The monoisotopic (exact) mass is 997 g/mol. The average molecular weight is 997 g/mol. The zero-order chi connectivity index (χ0) is 53.1. The summed E-state index contributed by atoms with van der Waals surface area (Å²) in [6.07, 6.45) is 0. The predicted octanol–water partition coefficient (Wildman–Crippen LogP) is 18.9. The van der Waals surface area contributed by atoms with Gasteiger partial charge in [0.2, 0.25) is 0 Å². The van der Waals surface area contributed by atoms with E-state index in [4.69, 9.17) is 18.9 Å². The highest BCUT2D eigenvalue weighted by Crippen LogP contribution is 2.51. The van der Waals surface area contributed by atoms with E-state index >= 15 is 0 Å². The lowest BCUT2D eigenvalue weighted by atomic mass is 9.78. The van der Waals surface area contributed by atoms with Gasteiger partial charge < -0.3 is 18.9 Å². The first-order valence-corrected chi connectivity index (χ1v) is 26.6. The molecule has 0 saturated heterocycles. The highest BCUT2D eigenvalue weighted by molar-refractivity contribution is 6.32. The Kier molecular flexibility index (Phi) is 13.7. The van der Waals surface area contributed by atoms with Gasteiger partial charge in [0.1, 0.15) is 0 Å². The van der Waals surface area contributed by atoms with Crippen molar-refractivity contribution in [3.8, 4) is 44.5 Å². The van der Waals surface area contributed by atoms with Gasteiger partial charge in [0.25, 0.3) is 0 Å². The minimum Gasteiger partial charge on any atom is -0.380 e. The van der Waals surface area contributed by atoms with Gasteiger partial charge in [0.15, 0.2) is 0 Å². The molecule has 12 aromatic carbocycles. The summed E-state index contributed by atoms with van der Waals surface area (Å²) in [7, 11) is 7.07. The standard InChI is InChI=1S/C56H58O4.C16H10/c1-31-17-39(27-57-9)18-32(2)51(31)47-25-48(52-33(3)19-40(28-58-10)20-34(52)4)44-15-16-46-50(54-37(7)23-42(30-60-12)24-38(54)8)26-49(45-14-13-43(47)55(44)56(45)46)53-35(5)21-41(29-59-11)22-36(53)6;1-3-11-7-9-13-5-2-6-14-10-8-12(4-1)15(11)16(13)14/h13-26H,27-30H2,1-12H3;1-10H. The highest BCUT2D eigenvalue weighted by atomic mass is 16.5. The first kappa shape index (κ1) is 50.7. The minimum absolute atomic E-state index is 0.583. The Labute approximate surface area is 448 Å².